The second-order valence-corrected chi connectivity index (χ2v) is 11.6. The molecule has 1 saturated heterocycles. The maximum Gasteiger partial charge on any atom is 0.306 e. The number of allylic oxidation sites excluding steroid dienone is 4. The third kappa shape index (κ3) is 19.6. The number of unbranched alkanes of at least 4 members (excludes halogenated alkanes) is 12. The fraction of sp³-hybridized carbons (Fsp3) is 0.853. The summed E-state index contributed by atoms with van der Waals surface area (Å²) in [7, 11) is 0. The highest BCUT2D eigenvalue weighted by Gasteiger charge is 2.44. The van der Waals surface area contributed by atoms with Gasteiger partial charge in [-0.15, -0.1) is 0 Å². The van der Waals surface area contributed by atoms with Crippen molar-refractivity contribution in [1.82, 2.24) is 0 Å². The van der Waals surface area contributed by atoms with E-state index in [1.54, 1.807) is 0 Å². The Morgan fingerprint density at radius 2 is 1.35 bits per heavy atom. The van der Waals surface area contributed by atoms with E-state index >= 15 is 0 Å². The van der Waals surface area contributed by atoms with E-state index in [4.69, 9.17) is 18.9 Å². The molecule has 6 atom stereocenters. The van der Waals surface area contributed by atoms with Gasteiger partial charge in [-0.3, -0.25) is 4.79 Å². The van der Waals surface area contributed by atoms with E-state index in [9.17, 15) is 25.2 Å². The molecule has 0 bridgehead atoms. The quantitative estimate of drug-likeness (QED) is 0.0536. The van der Waals surface area contributed by atoms with Crippen molar-refractivity contribution in [2.45, 2.75) is 160 Å². The first kappa shape index (κ1) is 39.7. The number of rotatable bonds is 27. The van der Waals surface area contributed by atoms with Gasteiger partial charge in [0.2, 0.25) is 0 Å². The normalized spacial score (nSPS) is 23.3. The van der Waals surface area contributed by atoms with Crippen LogP contribution in [0.25, 0.3) is 0 Å². The molecule has 1 rings (SSSR count). The molecule has 252 valence electrons. The molecular formula is C34H62O9. The van der Waals surface area contributed by atoms with Gasteiger partial charge in [-0.25, -0.2) is 0 Å². The van der Waals surface area contributed by atoms with Gasteiger partial charge in [0, 0.05) is 13.0 Å². The van der Waals surface area contributed by atoms with Gasteiger partial charge in [0.25, 0.3) is 0 Å². The lowest BCUT2D eigenvalue weighted by Crippen LogP contribution is -2.59. The van der Waals surface area contributed by atoms with Crippen LogP contribution < -0.4 is 0 Å². The van der Waals surface area contributed by atoms with Crippen molar-refractivity contribution in [1.29, 1.82) is 0 Å². The predicted molar refractivity (Wildman–Crippen MR) is 169 cm³/mol. The third-order valence-corrected chi connectivity index (χ3v) is 7.62. The summed E-state index contributed by atoms with van der Waals surface area (Å²) in [4.78, 5) is 12.3. The van der Waals surface area contributed by atoms with Crippen molar-refractivity contribution in [3.63, 3.8) is 0 Å². The number of esters is 1. The third-order valence-electron chi connectivity index (χ3n) is 7.62. The first-order valence-corrected chi connectivity index (χ1v) is 16.9. The zero-order chi connectivity index (χ0) is 31.5. The Morgan fingerprint density at radius 1 is 0.744 bits per heavy atom. The van der Waals surface area contributed by atoms with Crippen molar-refractivity contribution in [3.8, 4) is 0 Å². The van der Waals surface area contributed by atoms with Crippen molar-refractivity contribution < 1.29 is 44.2 Å². The lowest BCUT2D eigenvalue weighted by Gasteiger charge is -2.39. The highest BCUT2D eigenvalue weighted by atomic mass is 16.7. The molecule has 0 aromatic rings. The maximum atomic E-state index is 12.3. The first-order valence-electron chi connectivity index (χ1n) is 16.9. The van der Waals surface area contributed by atoms with Crippen molar-refractivity contribution in [2.75, 3.05) is 26.4 Å². The highest BCUT2D eigenvalue weighted by molar-refractivity contribution is 5.69. The van der Waals surface area contributed by atoms with Crippen LogP contribution in [0.1, 0.15) is 123 Å². The monoisotopic (exact) mass is 614 g/mol. The standard InChI is InChI=1S/C34H62O9/c1-3-5-7-8-9-10-11-12-13-14-15-16-17-18-19-20-22-24-40-26-28(42-30(36)23-21-6-4-2)27-41-34-33(39)32(38)31(37)29(25-35)43-34/h10-11,13-14,28-29,31-35,37-39H,3-9,12,15-27H2,1-2H3/b11-10-,14-13-. The first-order chi connectivity index (χ1) is 20.9. The minimum atomic E-state index is -1.53. The second-order valence-electron chi connectivity index (χ2n) is 11.6. The number of aliphatic hydroxyl groups excluding tert-OH is 4. The topological polar surface area (TPSA) is 135 Å². The lowest BCUT2D eigenvalue weighted by molar-refractivity contribution is -0.305. The Morgan fingerprint density at radius 3 is 2.00 bits per heavy atom. The van der Waals surface area contributed by atoms with Gasteiger partial charge in [-0.2, -0.15) is 0 Å². The van der Waals surface area contributed by atoms with Crippen LogP contribution in [0.4, 0.5) is 0 Å². The van der Waals surface area contributed by atoms with Crippen LogP contribution in [0.3, 0.4) is 0 Å². The molecule has 9 nitrogen and oxygen atoms in total. The average Bonchev–Trinajstić information content (AvgIpc) is 3.00. The summed E-state index contributed by atoms with van der Waals surface area (Å²) in [5.41, 5.74) is 0. The molecule has 43 heavy (non-hydrogen) atoms. The molecule has 0 amide bonds. The number of carbonyl (C=O) groups excluding carboxylic acids is 1. The number of aliphatic hydroxyl groups is 4. The van der Waals surface area contributed by atoms with Crippen LogP contribution >= 0.6 is 0 Å². The Balaban J connectivity index is 2.22. The summed E-state index contributed by atoms with van der Waals surface area (Å²) >= 11 is 0. The molecule has 9 heteroatoms. The zero-order valence-electron chi connectivity index (χ0n) is 27.0. The van der Waals surface area contributed by atoms with Gasteiger partial charge in [0.05, 0.1) is 19.8 Å². The van der Waals surface area contributed by atoms with Gasteiger partial charge in [-0.05, 0) is 44.9 Å². The van der Waals surface area contributed by atoms with Crippen LogP contribution in [0.5, 0.6) is 0 Å². The van der Waals surface area contributed by atoms with Crippen LogP contribution in [0.15, 0.2) is 24.3 Å². The van der Waals surface area contributed by atoms with E-state index in [0.29, 0.717) is 13.0 Å². The van der Waals surface area contributed by atoms with Crippen LogP contribution in [0.2, 0.25) is 0 Å². The van der Waals surface area contributed by atoms with E-state index in [1.165, 1.54) is 51.4 Å². The minimum absolute atomic E-state index is 0.119. The fourth-order valence-corrected chi connectivity index (χ4v) is 4.87. The molecular weight excluding hydrogens is 552 g/mol. The van der Waals surface area contributed by atoms with Crippen molar-refractivity contribution >= 4 is 5.97 Å². The molecule has 0 radical (unpaired) electrons. The molecule has 0 aromatic heterocycles. The summed E-state index contributed by atoms with van der Waals surface area (Å²) in [6, 6.07) is 0. The molecule has 1 heterocycles. The SMILES string of the molecule is CCCCCC/C=C\C/C=C\CCCCCCCCOCC(COC1OC(CO)C(O)C(O)C1O)OC(=O)CCCCC. The molecule has 1 aliphatic rings. The van der Waals surface area contributed by atoms with Gasteiger partial charge in [-0.1, -0.05) is 95.9 Å². The van der Waals surface area contributed by atoms with Crippen molar-refractivity contribution in [3.05, 3.63) is 24.3 Å². The van der Waals surface area contributed by atoms with E-state index in [1.807, 2.05) is 0 Å². The van der Waals surface area contributed by atoms with E-state index in [2.05, 4.69) is 38.2 Å². The van der Waals surface area contributed by atoms with Gasteiger partial charge < -0.3 is 39.4 Å². The zero-order valence-corrected chi connectivity index (χ0v) is 27.0. The summed E-state index contributed by atoms with van der Waals surface area (Å²) in [5.74, 6) is -0.344. The average molecular weight is 615 g/mol. The highest BCUT2D eigenvalue weighted by Crippen LogP contribution is 2.22. The van der Waals surface area contributed by atoms with Crippen molar-refractivity contribution in [2.24, 2.45) is 0 Å². The van der Waals surface area contributed by atoms with Crippen LogP contribution in [0, 0.1) is 0 Å². The fourth-order valence-electron chi connectivity index (χ4n) is 4.87. The molecule has 1 fully saturated rings. The molecule has 6 unspecified atom stereocenters. The van der Waals surface area contributed by atoms with Crippen LogP contribution in [-0.2, 0) is 23.7 Å². The summed E-state index contributed by atoms with van der Waals surface area (Å²) < 4.78 is 22.4. The molecule has 4 N–H and O–H groups in total. The minimum Gasteiger partial charge on any atom is -0.457 e. The van der Waals surface area contributed by atoms with E-state index < -0.39 is 43.4 Å². The number of hydrogen-bond donors (Lipinski definition) is 4. The van der Waals surface area contributed by atoms with Gasteiger partial charge in [0.1, 0.15) is 30.5 Å². The Hall–Kier alpha value is -1.33. The Labute approximate surface area is 260 Å². The van der Waals surface area contributed by atoms with Gasteiger partial charge in [0.15, 0.2) is 6.29 Å². The Kier molecular flexibility index (Phi) is 24.9. The lowest BCUT2D eigenvalue weighted by atomic mass is 9.99. The summed E-state index contributed by atoms with van der Waals surface area (Å²) in [6.45, 7) is 4.32. The molecule has 0 aromatic carbocycles. The van der Waals surface area contributed by atoms with Gasteiger partial charge >= 0.3 is 5.97 Å². The molecule has 0 aliphatic carbocycles. The number of hydrogen-bond acceptors (Lipinski definition) is 9. The summed E-state index contributed by atoms with van der Waals surface area (Å²) in [6.07, 6.45) is 20.0. The smallest absolute Gasteiger partial charge is 0.306 e. The summed E-state index contributed by atoms with van der Waals surface area (Å²) in [5, 5.41) is 39.5. The number of carbonyl (C=O) groups is 1. The van der Waals surface area contributed by atoms with E-state index in [-0.39, 0.29) is 19.2 Å². The second kappa shape index (κ2) is 27.0. The number of ether oxygens (including phenoxy) is 4. The molecule has 0 saturated carbocycles. The predicted octanol–water partition coefficient (Wildman–Crippen LogP) is 5.52. The largest absolute Gasteiger partial charge is 0.457 e. The maximum absolute atomic E-state index is 12.3. The van der Waals surface area contributed by atoms with E-state index in [0.717, 1.165) is 51.4 Å². The van der Waals surface area contributed by atoms with Crippen LogP contribution in [-0.4, -0.2) is 89.6 Å². The Bertz CT molecular complexity index is 712. The molecule has 0 spiro atoms. The molecule has 1 aliphatic heterocycles.